The molecule has 3 heteroatoms. The van der Waals surface area contributed by atoms with E-state index in [9.17, 15) is 0 Å². The van der Waals surface area contributed by atoms with Crippen LogP contribution in [0.4, 0.5) is 0 Å². The number of nitrogens with one attached hydrogen (secondary N) is 2. The quantitative estimate of drug-likeness (QED) is 0.468. The van der Waals surface area contributed by atoms with E-state index in [1.807, 2.05) is 0 Å². The molecule has 0 saturated carbocycles. The van der Waals surface area contributed by atoms with Crippen molar-refractivity contribution in [1.82, 2.24) is 10.8 Å². The number of piperidine rings is 1. The third kappa shape index (κ3) is 2.52. The standard InChI is InChI=1S/C8H16N2O/c1-7(11-9-2)8-5-3-4-6-10-8/h8-10H,1,3-6H2,2H3. The number of hydroxylamine groups is 1. The second-order valence-electron chi connectivity index (χ2n) is 2.77. The summed E-state index contributed by atoms with van der Waals surface area (Å²) >= 11 is 0. The monoisotopic (exact) mass is 156 g/mol. The molecule has 1 saturated heterocycles. The summed E-state index contributed by atoms with van der Waals surface area (Å²) in [7, 11) is 1.74. The minimum Gasteiger partial charge on any atom is -0.412 e. The highest BCUT2D eigenvalue weighted by atomic mass is 16.6. The van der Waals surface area contributed by atoms with E-state index in [0.717, 1.165) is 18.7 Å². The molecule has 0 aromatic carbocycles. The Hall–Kier alpha value is -0.540. The Bertz CT molecular complexity index is 130. The zero-order chi connectivity index (χ0) is 8.10. The average Bonchev–Trinajstić information content (AvgIpc) is 2.07. The normalized spacial score (nSPS) is 24.6. The predicted molar refractivity (Wildman–Crippen MR) is 44.9 cm³/mol. The van der Waals surface area contributed by atoms with Gasteiger partial charge in [0.05, 0.1) is 6.04 Å². The molecule has 1 unspecified atom stereocenters. The lowest BCUT2D eigenvalue weighted by molar-refractivity contribution is 0.103. The first-order valence-electron chi connectivity index (χ1n) is 4.10. The first-order chi connectivity index (χ1) is 5.34. The van der Waals surface area contributed by atoms with Crippen molar-refractivity contribution in [3.63, 3.8) is 0 Å². The summed E-state index contributed by atoms with van der Waals surface area (Å²) in [6.07, 6.45) is 3.67. The van der Waals surface area contributed by atoms with E-state index in [-0.39, 0.29) is 0 Å². The van der Waals surface area contributed by atoms with Crippen molar-refractivity contribution in [2.24, 2.45) is 0 Å². The van der Waals surface area contributed by atoms with Crippen LogP contribution < -0.4 is 10.8 Å². The Morgan fingerprint density at radius 1 is 1.64 bits per heavy atom. The van der Waals surface area contributed by atoms with Gasteiger partial charge in [0.1, 0.15) is 5.76 Å². The number of hydrogen-bond acceptors (Lipinski definition) is 3. The van der Waals surface area contributed by atoms with Crippen LogP contribution in [0.1, 0.15) is 19.3 Å². The zero-order valence-corrected chi connectivity index (χ0v) is 7.02. The zero-order valence-electron chi connectivity index (χ0n) is 7.02. The van der Waals surface area contributed by atoms with Gasteiger partial charge in [0.15, 0.2) is 0 Å². The van der Waals surface area contributed by atoms with Gasteiger partial charge < -0.3 is 10.2 Å². The highest BCUT2D eigenvalue weighted by molar-refractivity contribution is 4.97. The average molecular weight is 156 g/mol. The van der Waals surface area contributed by atoms with Crippen LogP contribution in [-0.4, -0.2) is 19.6 Å². The molecule has 0 radical (unpaired) electrons. The highest BCUT2D eigenvalue weighted by Gasteiger charge is 2.16. The second-order valence-corrected chi connectivity index (χ2v) is 2.77. The van der Waals surface area contributed by atoms with Gasteiger partial charge in [-0.25, -0.2) is 0 Å². The van der Waals surface area contributed by atoms with Crippen molar-refractivity contribution in [2.75, 3.05) is 13.6 Å². The van der Waals surface area contributed by atoms with E-state index in [1.165, 1.54) is 12.8 Å². The molecule has 0 amide bonds. The summed E-state index contributed by atoms with van der Waals surface area (Å²) in [6, 6.07) is 0.344. The second kappa shape index (κ2) is 4.36. The fourth-order valence-electron chi connectivity index (χ4n) is 1.33. The van der Waals surface area contributed by atoms with E-state index in [4.69, 9.17) is 4.84 Å². The number of hydrogen-bond donors (Lipinski definition) is 2. The molecule has 2 N–H and O–H groups in total. The number of rotatable bonds is 3. The minimum atomic E-state index is 0.344. The van der Waals surface area contributed by atoms with Gasteiger partial charge in [0.25, 0.3) is 0 Å². The molecule has 1 heterocycles. The third-order valence-electron chi connectivity index (χ3n) is 1.93. The van der Waals surface area contributed by atoms with Crippen molar-refractivity contribution in [3.05, 3.63) is 12.3 Å². The van der Waals surface area contributed by atoms with Crippen LogP contribution in [0, 0.1) is 0 Å². The van der Waals surface area contributed by atoms with Crippen molar-refractivity contribution < 1.29 is 4.84 Å². The Morgan fingerprint density at radius 2 is 2.45 bits per heavy atom. The summed E-state index contributed by atoms with van der Waals surface area (Å²) in [5, 5.41) is 3.34. The molecular formula is C8H16N2O. The lowest BCUT2D eigenvalue weighted by Crippen LogP contribution is -2.36. The molecular weight excluding hydrogens is 140 g/mol. The van der Waals surface area contributed by atoms with E-state index in [2.05, 4.69) is 17.4 Å². The fraction of sp³-hybridized carbons (Fsp3) is 0.750. The molecule has 0 bridgehead atoms. The summed E-state index contributed by atoms with van der Waals surface area (Å²) in [6.45, 7) is 4.90. The molecule has 0 spiro atoms. The van der Waals surface area contributed by atoms with Crippen LogP contribution in [0.25, 0.3) is 0 Å². The third-order valence-corrected chi connectivity index (χ3v) is 1.93. The molecule has 1 fully saturated rings. The Labute approximate surface area is 67.8 Å². The maximum atomic E-state index is 5.07. The van der Waals surface area contributed by atoms with Gasteiger partial charge in [-0.2, -0.15) is 5.48 Å². The van der Waals surface area contributed by atoms with E-state index in [0.29, 0.717) is 6.04 Å². The molecule has 3 nitrogen and oxygen atoms in total. The summed E-state index contributed by atoms with van der Waals surface area (Å²) in [5.41, 5.74) is 2.63. The molecule has 1 aliphatic rings. The van der Waals surface area contributed by atoms with Crippen LogP contribution in [0.2, 0.25) is 0 Å². The SMILES string of the molecule is C=C(ONC)C1CCCCN1. The van der Waals surface area contributed by atoms with Crippen LogP contribution in [0.15, 0.2) is 12.3 Å². The Morgan fingerprint density at radius 3 is 3.00 bits per heavy atom. The van der Waals surface area contributed by atoms with Gasteiger partial charge >= 0.3 is 0 Å². The lowest BCUT2D eigenvalue weighted by Gasteiger charge is -2.24. The summed E-state index contributed by atoms with van der Waals surface area (Å²) in [5.74, 6) is 0.798. The largest absolute Gasteiger partial charge is 0.412 e. The van der Waals surface area contributed by atoms with Gasteiger partial charge in [-0.15, -0.1) is 0 Å². The van der Waals surface area contributed by atoms with Crippen LogP contribution >= 0.6 is 0 Å². The van der Waals surface area contributed by atoms with Crippen molar-refractivity contribution in [2.45, 2.75) is 25.3 Å². The molecule has 0 aromatic heterocycles. The van der Waals surface area contributed by atoms with E-state index >= 15 is 0 Å². The van der Waals surface area contributed by atoms with Gasteiger partial charge in [-0.05, 0) is 19.4 Å². The molecule has 1 rings (SSSR count). The summed E-state index contributed by atoms with van der Waals surface area (Å²) in [4.78, 5) is 5.07. The maximum absolute atomic E-state index is 5.07. The van der Waals surface area contributed by atoms with Crippen LogP contribution in [0.5, 0.6) is 0 Å². The van der Waals surface area contributed by atoms with E-state index in [1.54, 1.807) is 7.05 Å². The predicted octanol–water partition coefficient (Wildman–Crippen LogP) is 0.793. The van der Waals surface area contributed by atoms with Gasteiger partial charge in [-0.1, -0.05) is 13.0 Å². The molecule has 0 aliphatic carbocycles. The van der Waals surface area contributed by atoms with Crippen LogP contribution in [-0.2, 0) is 4.84 Å². The van der Waals surface area contributed by atoms with Crippen molar-refractivity contribution in [1.29, 1.82) is 0 Å². The maximum Gasteiger partial charge on any atom is 0.133 e. The van der Waals surface area contributed by atoms with Gasteiger partial charge in [-0.3, -0.25) is 0 Å². The molecule has 1 aliphatic heterocycles. The fourth-order valence-corrected chi connectivity index (χ4v) is 1.33. The van der Waals surface area contributed by atoms with Gasteiger partial charge in [0.2, 0.25) is 0 Å². The lowest BCUT2D eigenvalue weighted by atomic mass is 10.0. The van der Waals surface area contributed by atoms with Crippen molar-refractivity contribution in [3.8, 4) is 0 Å². The molecule has 11 heavy (non-hydrogen) atoms. The molecule has 0 aromatic rings. The van der Waals surface area contributed by atoms with Gasteiger partial charge in [0, 0.05) is 7.05 Å². The van der Waals surface area contributed by atoms with E-state index < -0.39 is 0 Å². The highest BCUT2D eigenvalue weighted by Crippen LogP contribution is 2.12. The summed E-state index contributed by atoms with van der Waals surface area (Å²) < 4.78 is 0. The minimum absolute atomic E-state index is 0.344. The topological polar surface area (TPSA) is 33.3 Å². The molecule has 1 atom stereocenters. The first kappa shape index (κ1) is 8.56. The van der Waals surface area contributed by atoms with Crippen LogP contribution in [0.3, 0.4) is 0 Å². The Balaban J connectivity index is 2.27. The smallest absolute Gasteiger partial charge is 0.133 e. The van der Waals surface area contributed by atoms with Crippen molar-refractivity contribution >= 4 is 0 Å². The Kier molecular flexibility index (Phi) is 3.39. The molecule has 64 valence electrons. The first-order valence-corrected chi connectivity index (χ1v) is 4.10.